The number of rotatable bonds is 5. The van der Waals surface area contributed by atoms with Gasteiger partial charge in [-0.1, -0.05) is 12.1 Å². The second-order valence-electron chi connectivity index (χ2n) is 5.95. The molecule has 0 fully saturated rings. The van der Waals surface area contributed by atoms with Gasteiger partial charge in [-0.05, 0) is 42.0 Å². The van der Waals surface area contributed by atoms with Crippen molar-refractivity contribution in [3.8, 4) is 17.6 Å². The summed E-state index contributed by atoms with van der Waals surface area (Å²) in [5.74, 6) is 1.31. The predicted octanol–water partition coefficient (Wildman–Crippen LogP) is 2.75. The molecule has 2 heterocycles. The van der Waals surface area contributed by atoms with E-state index in [1.54, 1.807) is 24.3 Å². The predicted molar refractivity (Wildman–Crippen MR) is 100 cm³/mol. The van der Waals surface area contributed by atoms with Gasteiger partial charge in [0.2, 0.25) is 12.7 Å². The zero-order valence-corrected chi connectivity index (χ0v) is 14.7. The molecule has 0 radical (unpaired) electrons. The minimum absolute atomic E-state index is 0.207. The average molecular weight is 373 g/mol. The number of nitrogens with zero attached hydrogens (tertiary/aromatic N) is 3. The molecule has 3 aromatic rings. The van der Waals surface area contributed by atoms with Crippen molar-refractivity contribution in [1.82, 2.24) is 15.3 Å². The largest absolute Gasteiger partial charge is 0.454 e. The van der Waals surface area contributed by atoms with Crippen molar-refractivity contribution in [2.24, 2.45) is 0 Å². The first-order valence-corrected chi connectivity index (χ1v) is 8.48. The summed E-state index contributed by atoms with van der Waals surface area (Å²) in [7, 11) is 0. The number of ether oxygens (including phenoxy) is 2. The van der Waals surface area contributed by atoms with E-state index >= 15 is 0 Å². The van der Waals surface area contributed by atoms with Crippen LogP contribution in [0, 0.1) is 11.3 Å². The number of nitriles is 1. The molecular weight excluding hydrogens is 358 g/mol. The maximum atomic E-state index is 12.4. The molecule has 0 saturated heterocycles. The van der Waals surface area contributed by atoms with Gasteiger partial charge in [0.05, 0.1) is 11.6 Å². The molecule has 1 aliphatic rings. The summed E-state index contributed by atoms with van der Waals surface area (Å²) in [5, 5.41) is 14.8. The zero-order chi connectivity index (χ0) is 19.3. The molecule has 0 unspecified atom stereocenters. The van der Waals surface area contributed by atoms with E-state index < -0.39 is 0 Å². The molecule has 2 aromatic carbocycles. The molecule has 0 aliphatic carbocycles. The number of hydrogen-bond donors (Lipinski definition) is 2. The Balaban J connectivity index is 1.42. The van der Waals surface area contributed by atoms with Gasteiger partial charge < -0.3 is 20.1 Å². The van der Waals surface area contributed by atoms with E-state index in [4.69, 9.17) is 14.7 Å². The smallest absolute Gasteiger partial charge is 0.270 e. The fraction of sp³-hybridized carbons (Fsp3) is 0.100. The number of benzene rings is 2. The first-order chi connectivity index (χ1) is 13.7. The molecule has 1 amide bonds. The van der Waals surface area contributed by atoms with Crippen molar-refractivity contribution >= 4 is 17.5 Å². The molecular formula is C20H15N5O3. The Bertz CT molecular complexity index is 1080. The summed E-state index contributed by atoms with van der Waals surface area (Å²) >= 11 is 0. The minimum Gasteiger partial charge on any atom is -0.454 e. The first kappa shape index (κ1) is 17.3. The molecule has 1 aromatic heterocycles. The molecule has 4 rings (SSSR count). The summed E-state index contributed by atoms with van der Waals surface area (Å²) in [6.45, 7) is 0.533. The lowest BCUT2D eigenvalue weighted by Crippen LogP contribution is -2.24. The number of hydrogen-bond acceptors (Lipinski definition) is 7. The zero-order valence-electron chi connectivity index (χ0n) is 14.7. The Hall–Kier alpha value is -4.12. The molecule has 138 valence electrons. The fourth-order valence-electron chi connectivity index (χ4n) is 2.66. The van der Waals surface area contributed by atoms with E-state index in [0.717, 1.165) is 5.56 Å². The van der Waals surface area contributed by atoms with Crippen molar-refractivity contribution in [2.45, 2.75) is 6.54 Å². The van der Waals surface area contributed by atoms with Crippen LogP contribution in [0.5, 0.6) is 11.5 Å². The highest BCUT2D eigenvalue weighted by Gasteiger charge is 2.14. The van der Waals surface area contributed by atoms with Crippen LogP contribution in [-0.4, -0.2) is 22.7 Å². The Kier molecular flexibility index (Phi) is 4.72. The normalized spacial score (nSPS) is 11.5. The number of aromatic nitrogens is 2. The summed E-state index contributed by atoms with van der Waals surface area (Å²) in [5.41, 5.74) is 2.30. The topological polar surface area (TPSA) is 109 Å². The van der Waals surface area contributed by atoms with E-state index in [1.807, 2.05) is 18.2 Å². The lowest BCUT2D eigenvalue weighted by atomic mass is 10.2. The molecule has 0 saturated carbocycles. The summed E-state index contributed by atoms with van der Waals surface area (Å²) in [6, 6.07) is 16.0. The lowest BCUT2D eigenvalue weighted by Gasteiger charge is -2.08. The van der Waals surface area contributed by atoms with E-state index in [0.29, 0.717) is 29.3 Å². The van der Waals surface area contributed by atoms with Gasteiger partial charge in [-0.15, -0.1) is 0 Å². The molecule has 2 N–H and O–H groups in total. The van der Waals surface area contributed by atoms with Crippen molar-refractivity contribution in [2.75, 3.05) is 12.1 Å². The number of anilines is 2. The molecule has 8 heteroatoms. The maximum Gasteiger partial charge on any atom is 0.270 e. The van der Waals surface area contributed by atoms with Gasteiger partial charge in [-0.25, -0.2) is 9.97 Å². The molecule has 1 aliphatic heterocycles. The van der Waals surface area contributed by atoms with Crippen LogP contribution in [0.1, 0.15) is 21.6 Å². The van der Waals surface area contributed by atoms with E-state index in [-0.39, 0.29) is 24.3 Å². The molecule has 0 atom stereocenters. The number of carbonyl (C=O) groups is 1. The first-order valence-electron chi connectivity index (χ1n) is 8.48. The summed E-state index contributed by atoms with van der Waals surface area (Å²) in [4.78, 5) is 20.8. The van der Waals surface area contributed by atoms with Crippen molar-refractivity contribution < 1.29 is 14.3 Å². The monoisotopic (exact) mass is 373 g/mol. The number of carbonyl (C=O) groups excluding carboxylic acids is 1. The third-order valence-corrected chi connectivity index (χ3v) is 4.03. The molecule has 0 spiro atoms. The second kappa shape index (κ2) is 7.63. The lowest BCUT2D eigenvalue weighted by molar-refractivity contribution is 0.0946. The van der Waals surface area contributed by atoms with Gasteiger partial charge >= 0.3 is 0 Å². The van der Waals surface area contributed by atoms with Crippen LogP contribution in [-0.2, 0) is 6.54 Å². The van der Waals surface area contributed by atoms with Crippen molar-refractivity contribution in [1.29, 1.82) is 5.26 Å². The number of fused-ring (bicyclic) bond motifs is 1. The van der Waals surface area contributed by atoms with Crippen LogP contribution < -0.4 is 20.1 Å². The third kappa shape index (κ3) is 3.83. The van der Waals surface area contributed by atoms with E-state index in [1.165, 1.54) is 12.3 Å². The minimum atomic E-state index is -0.325. The third-order valence-electron chi connectivity index (χ3n) is 4.03. The van der Waals surface area contributed by atoms with Crippen LogP contribution in [0.4, 0.5) is 11.6 Å². The standard InChI is InChI=1S/C20H15N5O3/c21-10-13-2-1-3-15(8-13)24-20-22-7-6-16(25-20)19(26)23-11-14-4-5-17-18(9-14)28-12-27-17/h1-9H,11-12H2,(H,23,26)(H,22,24,25). The van der Waals surface area contributed by atoms with Crippen molar-refractivity contribution in [3.05, 3.63) is 71.5 Å². The van der Waals surface area contributed by atoms with Gasteiger partial charge in [-0.3, -0.25) is 4.79 Å². The highest BCUT2D eigenvalue weighted by molar-refractivity contribution is 5.92. The fourth-order valence-corrected chi connectivity index (χ4v) is 2.66. The Morgan fingerprint density at radius 2 is 2.04 bits per heavy atom. The number of amides is 1. The SMILES string of the molecule is N#Cc1cccc(Nc2nccc(C(=O)NCc3ccc4c(c3)OCO4)n2)c1. The Labute approximate surface area is 160 Å². The Morgan fingerprint density at radius 1 is 1.14 bits per heavy atom. The van der Waals surface area contributed by atoms with Crippen molar-refractivity contribution in [3.63, 3.8) is 0 Å². The molecule has 0 bridgehead atoms. The molecule has 28 heavy (non-hydrogen) atoms. The van der Waals surface area contributed by atoms with Gasteiger partial charge in [0, 0.05) is 18.4 Å². The van der Waals surface area contributed by atoms with Gasteiger partial charge in [-0.2, -0.15) is 5.26 Å². The van der Waals surface area contributed by atoms with Gasteiger partial charge in [0.1, 0.15) is 5.69 Å². The van der Waals surface area contributed by atoms with Gasteiger partial charge in [0.15, 0.2) is 11.5 Å². The Morgan fingerprint density at radius 3 is 2.93 bits per heavy atom. The van der Waals surface area contributed by atoms with Crippen LogP contribution in [0.25, 0.3) is 0 Å². The number of nitrogens with one attached hydrogen (secondary N) is 2. The maximum absolute atomic E-state index is 12.4. The van der Waals surface area contributed by atoms with Crippen LogP contribution in [0.15, 0.2) is 54.7 Å². The quantitative estimate of drug-likeness (QED) is 0.708. The summed E-state index contributed by atoms with van der Waals surface area (Å²) < 4.78 is 10.6. The summed E-state index contributed by atoms with van der Waals surface area (Å²) in [6.07, 6.45) is 1.50. The van der Waals surface area contributed by atoms with Crippen LogP contribution >= 0.6 is 0 Å². The van der Waals surface area contributed by atoms with E-state index in [9.17, 15) is 4.79 Å². The van der Waals surface area contributed by atoms with Gasteiger partial charge in [0.25, 0.3) is 5.91 Å². The molecule has 8 nitrogen and oxygen atoms in total. The van der Waals surface area contributed by atoms with Crippen LogP contribution in [0.3, 0.4) is 0 Å². The second-order valence-corrected chi connectivity index (χ2v) is 5.95. The van der Waals surface area contributed by atoms with E-state index in [2.05, 4.69) is 26.7 Å². The average Bonchev–Trinajstić information content (AvgIpc) is 3.20. The highest BCUT2D eigenvalue weighted by atomic mass is 16.7. The highest BCUT2D eigenvalue weighted by Crippen LogP contribution is 2.32. The van der Waals surface area contributed by atoms with Crippen LogP contribution in [0.2, 0.25) is 0 Å².